The van der Waals surface area contributed by atoms with Crippen molar-refractivity contribution >= 4 is 17.0 Å². The highest BCUT2D eigenvalue weighted by Crippen LogP contribution is 2.35. The molecule has 0 N–H and O–H groups in total. The summed E-state index contributed by atoms with van der Waals surface area (Å²) in [5.41, 5.74) is 2.10. The van der Waals surface area contributed by atoms with Crippen LogP contribution in [0.4, 0.5) is 8.78 Å². The van der Waals surface area contributed by atoms with E-state index >= 15 is 0 Å². The molecule has 1 aliphatic rings. The minimum absolute atomic E-state index is 0.122. The van der Waals surface area contributed by atoms with Gasteiger partial charge in [0.15, 0.2) is 5.58 Å². The van der Waals surface area contributed by atoms with Crippen molar-refractivity contribution in [2.24, 2.45) is 0 Å². The summed E-state index contributed by atoms with van der Waals surface area (Å²) in [7, 11) is 0. The average molecular weight is 370 g/mol. The highest BCUT2D eigenvalue weighted by atomic mass is 19.1. The highest BCUT2D eigenvalue weighted by Gasteiger charge is 2.33. The Labute approximate surface area is 155 Å². The van der Waals surface area contributed by atoms with Crippen LogP contribution in [0.5, 0.6) is 0 Å². The molecular formula is C21H20F2N2O2. The number of hydrogen-bond acceptors (Lipinski definition) is 3. The van der Waals surface area contributed by atoms with Crippen molar-refractivity contribution in [2.45, 2.75) is 38.6 Å². The number of benzene rings is 2. The third-order valence-corrected chi connectivity index (χ3v) is 4.97. The van der Waals surface area contributed by atoms with Gasteiger partial charge in [0.05, 0.1) is 0 Å². The molecule has 1 fully saturated rings. The molecule has 0 unspecified atom stereocenters. The number of fused-ring (bicyclic) bond motifs is 1. The number of carbonyl (C=O) groups excluding carboxylic acids is 1. The summed E-state index contributed by atoms with van der Waals surface area (Å²) in [5.74, 6) is -0.593. The van der Waals surface area contributed by atoms with E-state index in [0.29, 0.717) is 41.1 Å². The molecule has 0 spiro atoms. The van der Waals surface area contributed by atoms with Crippen LogP contribution in [0, 0.1) is 11.6 Å². The lowest BCUT2D eigenvalue weighted by molar-refractivity contribution is -0.132. The Morgan fingerprint density at radius 1 is 1.26 bits per heavy atom. The van der Waals surface area contributed by atoms with Gasteiger partial charge in [0.1, 0.15) is 23.2 Å². The summed E-state index contributed by atoms with van der Waals surface area (Å²) in [6.45, 7) is 2.70. The molecule has 2 heterocycles. The van der Waals surface area contributed by atoms with Crippen molar-refractivity contribution in [2.75, 3.05) is 6.54 Å². The average Bonchev–Trinajstić information content (AvgIpc) is 3.28. The van der Waals surface area contributed by atoms with E-state index < -0.39 is 11.6 Å². The SMILES string of the molecule is CCCC(=O)N1CCC[C@@H]1c1nc2cc(-c3ccc(F)cc3F)ccc2o1. The fourth-order valence-electron chi connectivity index (χ4n) is 3.66. The lowest BCUT2D eigenvalue weighted by Gasteiger charge is -2.21. The molecule has 1 aliphatic heterocycles. The van der Waals surface area contributed by atoms with Gasteiger partial charge >= 0.3 is 0 Å². The van der Waals surface area contributed by atoms with Gasteiger partial charge < -0.3 is 9.32 Å². The molecule has 4 nitrogen and oxygen atoms in total. The Morgan fingerprint density at radius 3 is 2.89 bits per heavy atom. The van der Waals surface area contributed by atoms with Gasteiger partial charge in [-0.05, 0) is 49.1 Å². The molecule has 1 aromatic heterocycles. The van der Waals surface area contributed by atoms with E-state index in [1.807, 2.05) is 11.8 Å². The van der Waals surface area contributed by atoms with Gasteiger partial charge in [0, 0.05) is 24.6 Å². The number of carbonyl (C=O) groups is 1. The smallest absolute Gasteiger partial charge is 0.223 e. The van der Waals surface area contributed by atoms with Crippen LogP contribution in [0.1, 0.15) is 44.5 Å². The van der Waals surface area contributed by atoms with Gasteiger partial charge in [-0.15, -0.1) is 0 Å². The Morgan fingerprint density at radius 2 is 2.11 bits per heavy atom. The maximum Gasteiger partial charge on any atom is 0.223 e. The summed E-state index contributed by atoms with van der Waals surface area (Å²) >= 11 is 0. The van der Waals surface area contributed by atoms with Crippen molar-refractivity contribution in [3.05, 3.63) is 53.9 Å². The standard InChI is InChI=1S/C21H20F2N2O2/c1-2-4-20(26)25-10-3-5-18(25)21-24-17-11-13(6-9-19(17)27-21)15-8-7-14(22)12-16(15)23/h6-9,11-12,18H,2-5,10H2,1H3/t18-/m1/s1. The van der Waals surface area contributed by atoms with E-state index in [1.54, 1.807) is 18.2 Å². The van der Waals surface area contributed by atoms with Gasteiger partial charge in [0.25, 0.3) is 0 Å². The monoisotopic (exact) mass is 370 g/mol. The molecule has 0 radical (unpaired) electrons. The second-order valence-electron chi connectivity index (χ2n) is 6.85. The quantitative estimate of drug-likeness (QED) is 0.631. The number of amides is 1. The van der Waals surface area contributed by atoms with E-state index in [4.69, 9.17) is 4.42 Å². The topological polar surface area (TPSA) is 46.3 Å². The van der Waals surface area contributed by atoms with Crippen molar-refractivity contribution in [3.8, 4) is 11.1 Å². The van der Waals surface area contributed by atoms with Crippen molar-refractivity contribution < 1.29 is 18.0 Å². The van der Waals surface area contributed by atoms with Crippen molar-refractivity contribution in [1.29, 1.82) is 0 Å². The van der Waals surface area contributed by atoms with Crippen molar-refractivity contribution in [1.82, 2.24) is 9.88 Å². The fraction of sp³-hybridized carbons (Fsp3) is 0.333. The van der Waals surface area contributed by atoms with Gasteiger partial charge in [-0.1, -0.05) is 13.0 Å². The van der Waals surface area contributed by atoms with Crippen LogP contribution in [-0.2, 0) is 4.79 Å². The normalized spacial score (nSPS) is 17.0. The molecule has 1 saturated heterocycles. The summed E-state index contributed by atoms with van der Waals surface area (Å²) < 4.78 is 33.1. The lowest BCUT2D eigenvalue weighted by atomic mass is 10.0. The zero-order valence-electron chi connectivity index (χ0n) is 15.0. The first-order valence-corrected chi connectivity index (χ1v) is 9.22. The number of halogens is 2. The van der Waals surface area contributed by atoms with E-state index in [0.717, 1.165) is 25.3 Å². The first-order valence-electron chi connectivity index (χ1n) is 9.22. The van der Waals surface area contributed by atoms with Gasteiger partial charge in [-0.2, -0.15) is 0 Å². The van der Waals surface area contributed by atoms with Gasteiger partial charge in [-0.25, -0.2) is 13.8 Å². The Hall–Kier alpha value is -2.76. The predicted octanol–water partition coefficient (Wildman–Crippen LogP) is 5.24. The number of likely N-dealkylation sites (tertiary alicyclic amines) is 1. The highest BCUT2D eigenvalue weighted by molar-refractivity contribution is 5.81. The zero-order valence-corrected chi connectivity index (χ0v) is 15.0. The van der Waals surface area contributed by atoms with Crippen LogP contribution in [0.15, 0.2) is 40.8 Å². The second-order valence-corrected chi connectivity index (χ2v) is 6.85. The molecule has 0 bridgehead atoms. The second kappa shape index (κ2) is 7.10. The summed E-state index contributed by atoms with van der Waals surface area (Å²) in [4.78, 5) is 18.7. The van der Waals surface area contributed by atoms with Crippen molar-refractivity contribution in [3.63, 3.8) is 0 Å². The fourth-order valence-corrected chi connectivity index (χ4v) is 3.66. The van der Waals surface area contributed by atoms with Crippen LogP contribution in [0.25, 0.3) is 22.2 Å². The van der Waals surface area contributed by atoms with Gasteiger partial charge in [-0.3, -0.25) is 4.79 Å². The molecule has 1 amide bonds. The van der Waals surface area contributed by atoms with E-state index in [2.05, 4.69) is 4.98 Å². The number of oxazole rings is 1. The Balaban J connectivity index is 1.68. The zero-order chi connectivity index (χ0) is 19.0. The lowest BCUT2D eigenvalue weighted by Crippen LogP contribution is -2.30. The number of rotatable bonds is 4. The van der Waals surface area contributed by atoms with Crippen LogP contribution >= 0.6 is 0 Å². The largest absolute Gasteiger partial charge is 0.438 e. The third kappa shape index (κ3) is 3.31. The maximum absolute atomic E-state index is 14.1. The molecule has 6 heteroatoms. The number of hydrogen-bond donors (Lipinski definition) is 0. The van der Waals surface area contributed by atoms with E-state index in [9.17, 15) is 13.6 Å². The Kier molecular flexibility index (Phi) is 4.64. The first kappa shape index (κ1) is 17.6. The molecule has 140 valence electrons. The number of aromatic nitrogens is 1. The first-order chi connectivity index (χ1) is 13.1. The van der Waals surface area contributed by atoms with Crippen LogP contribution in [-0.4, -0.2) is 22.3 Å². The predicted molar refractivity (Wildman–Crippen MR) is 98.0 cm³/mol. The Bertz CT molecular complexity index is 999. The molecule has 27 heavy (non-hydrogen) atoms. The summed E-state index contributed by atoms with van der Waals surface area (Å²) in [5, 5.41) is 0. The van der Waals surface area contributed by atoms with E-state index in [1.165, 1.54) is 12.1 Å². The molecule has 2 aromatic carbocycles. The molecule has 0 aliphatic carbocycles. The summed E-state index contributed by atoms with van der Waals surface area (Å²) in [6, 6.07) is 8.54. The van der Waals surface area contributed by atoms with E-state index in [-0.39, 0.29) is 11.9 Å². The van der Waals surface area contributed by atoms with Gasteiger partial charge in [0.2, 0.25) is 11.8 Å². The minimum atomic E-state index is -0.620. The summed E-state index contributed by atoms with van der Waals surface area (Å²) in [6.07, 6.45) is 3.07. The minimum Gasteiger partial charge on any atom is -0.438 e. The maximum atomic E-state index is 14.1. The van der Waals surface area contributed by atoms with Crippen LogP contribution in [0.3, 0.4) is 0 Å². The van der Waals surface area contributed by atoms with Crippen LogP contribution < -0.4 is 0 Å². The number of nitrogens with zero attached hydrogens (tertiary/aromatic N) is 2. The molecule has 4 rings (SSSR count). The molecule has 0 saturated carbocycles. The molecule has 3 aromatic rings. The third-order valence-electron chi connectivity index (χ3n) is 4.97. The molecule has 1 atom stereocenters. The van der Waals surface area contributed by atoms with Crippen LogP contribution in [0.2, 0.25) is 0 Å². The molecular weight excluding hydrogens is 350 g/mol.